The molecule has 0 bridgehead atoms. The van der Waals surface area contributed by atoms with Crippen molar-refractivity contribution in [3.05, 3.63) is 33.3 Å². The molecule has 100 valence electrons. The van der Waals surface area contributed by atoms with E-state index in [0.29, 0.717) is 5.41 Å². The van der Waals surface area contributed by atoms with E-state index in [0.717, 1.165) is 16.0 Å². The van der Waals surface area contributed by atoms with E-state index in [2.05, 4.69) is 46.8 Å². The fraction of sp³-hybridized carbons (Fsp3) is 0.600. The molecule has 1 saturated heterocycles. The van der Waals surface area contributed by atoms with Crippen LogP contribution in [-0.4, -0.2) is 18.0 Å². The van der Waals surface area contributed by atoms with Crippen molar-refractivity contribution >= 4 is 27.5 Å². The molecule has 0 aliphatic carbocycles. The fourth-order valence-corrected chi connectivity index (χ4v) is 3.26. The summed E-state index contributed by atoms with van der Waals surface area (Å²) in [5.41, 5.74) is 1.73. The Morgan fingerprint density at radius 3 is 2.78 bits per heavy atom. The van der Waals surface area contributed by atoms with Crippen molar-refractivity contribution < 1.29 is 0 Å². The Morgan fingerprint density at radius 1 is 1.28 bits per heavy atom. The van der Waals surface area contributed by atoms with E-state index >= 15 is 0 Å². The lowest BCUT2D eigenvalue weighted by Crippen LogP contribution is -2.25. The summed E-state index contributed by atoms with van der Waals surface area (Å²) in [6.45, 7) is 8.10. The van der Waals surface area contributed by atoms with E-state index in [-0.39, 0.29) is 0 Å². The smallest absolute Gasteiger partial charge is 0.0462 e. The van der Waals surface area contributed by atoms with Crippen LogP contribution in [-0.2, 0) is 6.54 Å². The van der Waals surface area contributed by atoms with Gasteiger partial charge in [-0.1, -0.05) is 47.4 Å². The van der Waals surface area contributed by atoms with E-state index in [1.165, 1.54) is 37.9 Å². The van der Waals surface area contributed by atoms with Gasteiger partial charge in [0.15, 0.2) is 0 Å². The summed E-state index contributed by atoms with van der Waals surface area (Å²) in [6.07, 6.45) is 3.90. The highest BCUT2D eigenvalue weighted by molar-refractivity contribution is 9.10. The van der Waals surface area contributed by atoms with Gasteiger partial charge in [-0.05, 0) is 55.5 Å². The SMILES string of the molecule is CC1(C)CCCN(Cc2ccc(Br)cc2Cl)CC1. The van der Waals surface area contributed by atoms with Gasteiger partial charge in [-0.3, -0.25) is 4.90 Å². The van der Waals surface area contributed by atoms with E-state index in [4.69, 9.17) is 11.6 Å². The summed E-state index contributed by atoms with van der Waals surface area (Å²) in [6, 6.07) is 6.18. The van der Waals surface area contributed by atoms with Crippen molar-refractivity contribution in [3.8, 4) is 0 Å². The molecule has 0 unspecified atom stereocenters. The molecule has 0 spiro atoms. The molecule has 0 aromatic heterocycles. The van der Waals surface area contributed by atoms with Crippen molar-refractivity contribution in [2.45, 2.75) is 39.7 Å². The molecule has 1 aromatic rings. The van der Waals surface area contributed by atoms with Crippen molar-refractivity contribution in [2.75, 3.05) is 13.1 Å². The Balaban J connectivity index is 2.01. The van der Waals surface area contributed by atoms with Crippen LogP contribution >= 0.6 is 27.5 Å². The van der Waals surface area contributed by atoms with E-state index in [1.807, 2.05) is 6.07 Å². The van der Waals surface area contributed by atoms with Crippen LogP contribution in [0.3, 0.4) is 0 Å². The number of nitrogens with zero attached hydrogens (tertiary/aromatic N) is 1. The lowest BCUT2D eigenvalue weighted by Gasteiger charge is -2.23. The summed E-state index contributed by atoms with van der Waals surface area (Å²) >= 11 is 9.74. The van der Waals surface area contributed by atoms with Crippen LogP contribution in [0.1, 0.15) is 38.7 Å². The van der Waals surface area contributed by atoms with Crippen LogP contribution in [0.5, 0.6) is 0 Å². The number of rotatable bonds is 2. The maximum absolute atomic E-state index is 6.29. The molecule has 18 heavy (non-hydrogen) atoms. The third-order valence-electron chi connectivity index (χ3n) is 3.84. The van der Waals surface area contributed by atoms with Crippen LogP contribution in [0.2, 0.25) is 5.02 Å². The number of likely N-dealkylation sites (tertiary alicyclic amines) is 1. The summed E-state index contributed by atoms with van der Waals surface area (Å²) in [5, 5.41) is 0.868. The van der Waals surface area contributed by atoms with Crippen LogP contribution in [0, 0.1) is 5.41 Å². The van der Waals surface area contributed by atoms with Gasteiger partial charge in [-0.25, -0.2) is 0 Å². The molecule has 1 heterocycles. The maximum atomic E-state index is 6.29. The van der Waals surface area contributed by atoms with Crippen LogP contribution in [0.15, 0.2) is 22.7 Å². The van der Waals surface area contributed by atoms with Crippen LogP contribution in [0.4, 0.5) is 0 Å². The predicted molar refractivity (Wildman–Crippen MR) is 82.1 cm³/mol. The zero-order chi connectivity index (χ0) is 13.2. The van der Waals surface area contributed by atoms with Gasteiger partial charge in [0, 0.05) is 16.0 Å². The zero-order valence-corrected chi connectivity index (χ0v) is 13.5. The van der Waals surface area contributed by atoms with Crippen LogP contribution in [0.25, 0.3) is 0 Å². The quantitative estimate of drug-likeness (QED) is 0.728. The molecule has 2 rings (SSSR count). The Bertz CT molecular complexity index is 417. The summed E-state index contributed by atoms with van der Waals surface area (Å²) in [4.78, 5) is 2.53. The van der Waals surface area contributed by atoms with Crippen molar-refractivity contribution in [3.63, 3.8) is 0 Å². The number of halogens is 2. The summed E-state index contributed by atoms with van der Waals surface area (Å²) < 4.78 is 1.05. The minimum Gasteiger partial charge on any atom is -0.299 e. The molecular weight excluding hydrogens is 310 g/mol. The second-order valence-electron chi connectivity index (χ2n) is 6.03. The molecule has 1 nitrogen and oxygen atoms in total. The van der Waals surface area contributed by atoms with E-state index < -0.39 is 0 Å². The summed E-state index contributed by atoms with van der Waals surface area (Å²) in [5.74, 6) is 0. The van der Waals surface area contributed by atoms with E-state index in [9.17, 15) is 0 Å². The van der Waals surface area contributed by atoms with Crippen molar-refractivity contribution in [1.29, 1.82) is 0 Å². The van der Waals surface area contributed by atoms with E-state index in [1.54, 1.807) is 0 Å². The molecule has 1 aliphatic rings. The summed E-state index contributed by atoms with van der Waals surface area (Å²) in [7, 11) is 0. The molecule has 0 saturated carbocycles. The topological polar surface area (TPSA) is 3.24 Å². The first-order chi connectivity index (χ1) is 8.46. The minimum absolute atomic E-state index is 0.498. The third-order valence-corrected chi connectivity index (χ3v) is 4.69. The monoisotopic (exact) mass is 329 g/mol. The minimum atomic E-state index is 0.498. The lowest BCUT2D eigenvalue weighted by atomic mass is 9.85. The lowest BCUT2D eigenvalue weighted by molar-refractivity contribution is 0.256. The molecule has 1 fully saturated rings. The predicted octanol–water partition coefficient (Wildman–Crippen LogP) is 5.11. The van der Waals surface area contributed by atoms with Gasteiger partial charge in [0.1, 0.15) is 0 Å². The Kier molecular flexibility index (Phi) is 4.74. The number of benzene rings is 1. The molecule has 0 N–H and O–H groups in total. The molecular formula is C15H21BrClN. The Labute approximate surface area is 124 Å². The first-order valence-electron chi connectivity index (χ1n) is 6.63. The normalized spacial score (nSPS) is 20.7. The molecule has 3 heteroatoms. The molecule has 1 aliphatic heterocycles. The van der Waals surface area contributed by atoms with Gasteiger partial charge >= 0.3 is 0 Å². The van der Waals surface area contributed by atoms with Crippen molar-refractivity contribution in [1.82, 2.24) is 4.90 Å². The zero-order valence-electron chi connectivity index (χ0n) is 11.2. The van der Waals surface area contributed by atoms with Gasteiger partial charge in [0.2, 0.25) is 0 Å². The fourth-order valence-electron chi connectivity index (χ4n) is 2.53. The Morgan fingerprint density at radius 2 is 2.06 bits per heavy atom. The molecule has 1 aromatic carbocycles. The average Bonchev–Trinajstić information content (AvgIpc) is 2.44. The Hall–Kier alpha value is -0.0500. The van der Waals surface area contributed by atoms with Gasteiger partial charge < -0.3 is 0 Å². The van der Waals surface area contributed by atoms with Crippen LogP contribution < -0.4 is 0 Å². The highest BCUT2D eigenvalue weighted by Gasteiger charge is 2.23. The largest absolute Gasteiger partial charge is 0.299 e. The highest BCUT2D eigenvalue weighted by Crippen LogP contribution is 2.31. The first-order valence-corrected chi connectivity index (χ1v) is 7.80. The van der Waals surface area contributed by atoms with Crippen molar-refractivity contribution in [2.24, 2.45) is 5.41 Å². The van der Waals surface area contributed by atoms with Gasteiger partial charge in [0.05, 0.1) is 0 Å². The van der Waals surface area contributed by atoms with Gasteiger partial charge in [0.25, 0.3) is 0 Å². The number of hydrogen-bond acceptors (Lipinski definition) is 1. The standard InChI is InChI=1S/C15H21BrClN/c1-15(2)6-3-8-18(9-7-15)11-12-4-5-13(16)10-14(12)17/h4-5,10H,3,6-9,11H2,1-2H3. The second-order valence-corrected chi connectivity index (χ2v) is 7.35. The molecule has 0 amide bonds. The highest BCUT2D eigenvalue weighted by atomic mass is 79.9. The molecule has 0 atom stereocenters. The average molecular weight is 331 g/mol. The first kappa shape index (κ1) is 14.4. The second kappa shape index (κ2) is 5.94. The maximum Gasteiger partial charge on any atom is 0.0462 e. The molecule has 0 radical (unpaired) electrons. The van der Waals surface area contributed by atoms with Gasteiger partial charge in [-0.2, -0.15) is 0 Å². The van der Waals surface area contributed by atoms with Gasteiger partial charge in [-0.15, -0.1) is 0 Å². The number of hydrogen-bond donors (Lipinski definition) is 0. The third kappa shape index (κ3) is 3.97.